The Kier molecular flexibility index (Phi) is 4.90. The molecule has 1 amide bonds. The van der Waals surface area contributed by atoms with Gasteiger partial charge < -0.3 is 15.1 Å². The minimum atomic E-state index is -0.895. The molecule has 2 aromatic heterocycles. The first-order valence-electron chi connectivity index (χ1n) is 8.49. The van der Waals surface area contributed by atoms with Crippen LogP contribution < -0.4 is 0 Å². The molecule has 1 atom stereocenters. The molecule has 0 radical (unpaired) electrons. The third-order valence-electron chi connectivity index (χ3n) is 4.26. The Balaban J connectivity index is 1.84. The second kappa shape index (κ2) is 7.13. The van der Waals surface area contributed by atoms with Crippen LogP contribution in [-0.4, -0.2) is 48.7 Å². The van der Waals surface area contributed by atoms with Gasteiger partial charge in [-0.15, -0.1) is 0 Å². The van der Waals surface area contributed by atoms with E-state index in [1.165, 1.54) is 17.0 Å². The maximum absolute atomic E-state index is 12.9. The zero-order chi connectivity index (χ0) is 18.8. The molecular formula is C19H22N4O3. The van der Waals surface area contributed by atoms with Crippen LogP contribution in [0.15, 0.2) is 36.4 Å². The molecule has 0 saturated heterocycles. The van der Waals surface area contributed by atoms with Crippen molar-refractivity contribution in [3.05, 3.63) is 59.0 Å². The Morgan fingerprint density at radius 1 is 1.27 bits per heavy atom. The number of aromatic nitrogens is 3. The molecular weight excluding hydrogens is 332 g/mol. The molecule has 3 aromatic rings. The number of hydrogen-bond donors (Lipinski definition) is 2. The van der Waals surface area contributed by atoms with Gasteiger partial charge in [-0.2, -0.15) is 5.10 Å². The zero-order valence-corrected chi connectivity index (χ0v) is 15.0. The first kappa shape index (κ1) is 17.9. The highest BCUT2D eigenvalue weighted by Crippen LogP contribution is 2.20. The van der Waals surface area contributed by atoms with Gasteiger partial charge in [0.05, 0.1) is 18.3 Å². The number of hydrogen-bond acceptors (Lipinski definition) is 5. The van der Waals surface area contributed by atoms with Crippen molar-refractivity contribution in [2.45, 2.75) is 26.9 Å². The first-order chi connectivity index (χ1) is 12.4. The van der Waals surface area contributed by atoms with Crippen LogP contribution in [0.25, 0.3) is 5.65 Å². The smallest absolute Gasteiger partial charge is 0.272 e. The molecule has 0 spiro atoms. The Morgan fingerprint density at radius 3 is 2.73 bits per heavy atom. The number of carbonyl (C=O) groups excluding carboxylic acids is 1. The number of phenols is 1. The molecule has 1 unspecified atom stereocenters. The Morgan fingerprint density at radius 2 is 2.04 bits per heavy atom. The minimum absolute atomic E-state index is 0.0785. The molecule has 0 aliphatic carbocycles. The number of aliphatic hydroxyl groups excluding tert-OH is 1. The van der Waals surface area contributed by atoms with E-state index < -0.39 is 6.10 Å². The lowest BCUT2D eigenvalue weighted by atomic mass is 10.1. The Labute approximate surface area is 151 Å². The lowest BCUT2D eigenvalue weighted by Crippen LogP contribution is -2.35. The highest BCUT2D eigenvalue weighted by molar-refractivity contribution is 5.93. The number of phenolic OH excluding ortho intramolecular Hbond substituents is 1. The fraction of sp³-hybridized carbons (Fsp3) is 0.316. The number of aliphatic hydroxyl groups is 1. The summed E-state index contributed by atoms with van der Waals surface area (Å²) in [7, 11) is 0. The summed E-state index contributed by atoms with van der Waals surface area (Å²) in [6, 6.07) is 9.92. The summed E-state index contributed by atoms with van der Waals surface area (Å²) < 4.78 is 1.70. The number of benzene rings is 1. The van der Waals surface area contributed by atoms with Crippen LogP contribution in [0.2, 0.25) is 0 Å². The molecule has 1 aromatic carbocycles. The van der Waals surface area contributed by atoms with E-state index in [0.717, 1.165) is 11.4 Å². The SMILES string of the molecule is CCN(CC(O)c1cccc(O)c1)C(=O)c1cc(C)n2nc(C)cc2n1. The van der Waals surface area contributed by atoms with E-state index in [2.05, 4.69) is 10.1 Å². The van der Waals surface area contributed by atoms with Crippen molar-refractivity contribution in [2.75, 3.05) is 13.1 Å². The van der Waals surface area contributed by atoms with Crippen molar-refractivity contribution in [3.63, 3.8) is 0 Å². The second-order valence-corrected chi connectivity index (χ2v) is 6.29. The van der Waals surface area contributed by atoms with Gasteiger partial charge in [-0.05, 0) is 44.5 Å². The largest absolute Gasteiger partial charge is 0.508 e. The number of nitrogens with zero attached hydrogens (tertiary/aromatic N) is 4. The lowest BCUT2D eigenvalue weighted by molar-refractivity contribution is 0.0629. The van der Waals surface area contributed by atoms with Gasteiger partial charge in [0, 0.05) is 18.3 Å². The standard InChI is InChI=1S/C19H22N4O3/c1-4-22(11-17(25)14-6-5-7-15(24)10-14)19(26)16-9-13(3)23-18(20-16)8-12(2)21-23/h5-10,17,24-25H,4,11H2,1-3H3. The van der Waals surface area contributed by atoms with Gasteiger partial charge in [0.2, 0.25) is 0 Å². The monoisotopic (exact) mass is 354 g/mol. The van der Waals surface area contributed by atoms with Gasteiger partial charge >= 0.3 is 0 Å². The number of aryl methyl sites for hydroxylation is 2. The molecule has 0 bridgehead atoms. The van der Waals surface area contributed by atoms with Crippen molar-refractivity contribution >= 4 is 11.6 Å². The summed E-state index contributed by atoms with van der Waals surface area (Å²) in [5.41, 5.74) is 3.14. The average Bonchev–Trinajstić information content (AvgIpc) is 2.99. The van der Waals surface area contributed by atoms with Crippen molar-refractivity contribution in [3.8, 4) is 5.75 Å². The zero-order valence-electron chi connectivity index (χ0n) is 15.0. The summed E-state index contributed by atoms with van der Waals surface area (Å²) in [5.74, 6) is -0.175. The van der Waals surface area contributed by atoms with Gasteiger partial charge in [0.25, 0.3) is 5.91 Å². The molecule has 26 heavy (non-hydrogen) atoms. The number of rotatable bonds is 5. The van der Waals surface area contributed by atoms with Gasteiger partial charge in [0.1, 0.15) is 11.4 Å². The second-order valence-electron chi connectivity index (χ2n) is 6.29. The topological polar surface area (TPSA) is 91.0 Å². The summed E-state index contributed by atoms with van der Waals surface area (Å²) in [5, 5.41) is 24.3. The highest BCUT2D eigenvalue weighted by atomic mass is 16.3. The molecule has 2 heterocycles. The van der Waals surface area contributed by atoms with Crippen LogP contribution in [0.4, 0.5) is 0 Å². The first-order valence-corrected chi connectivity index (χ1v) is 8.49. The van der Waals surface area contributed by atoms with E-state index in [1.807, 2.05) is 26.8 Å². The molecule has 0 aliphatic heterocycles. The number of carbonyl (C=O) groups is 1. The number of amides is 1. The summed E-state index contributed by atoms with van der Waals surface area (Å²) in [6.07, 6.45) is -0.895. The molecule has 3 rings (SSSR count). The lowest BCUT2D eigenvalue weighted by Gasteiger charge is -2.24. The third-order valence-corrected chi connectivity index (χ3v) is 4.26. The Bertz CT molecular complexity index is 951. The van der Waals surface area contributed by atoms with Crippen LogP contribution in [-0.2, 0) is 0 Å². The number of likely N-dealkylation sites (N-methyl/N-ethyl adjacent to an activating group) is 1. The average molecular weight is 354 g/mol. The van der Waals surface area contributed by atoms with E-state index in [-0.39, 0.29) is 18.2 Å². The van der Waals surface area contributed by atoms with Crippen LogP contribution >= 0.6 is 0 Å². The molecule has 0 aliphatic rings. The van der Waals surface area contributed by atoms with Gasteiger partial charge in [-0.25, -0.2) is 9.50 Å². The van der Waals surface area contributed by atoms with E-state index in [9.17, 15) is 15.0 Å². The van der Waals surface area contributed by atoms with E-state index in [4.69, 9.17) is 0 Å². The maximum Gasteiger partial charge on any atom is 0.272 e. The van der Waals surface area contributed by atoms with Crippen LogP contribution in [0.5, 0.6) is 5.75 Å². The summed E-state index contributed by atoms with van der Waals surface area (Å²) >= 11 is 0. The Hall–Kier alpha value is -2.93. The van der Waals surface area contributed by atoms with Crippen molar-refractivity contribution in [1.29, 1.82) is 0 Å². The molecule has 7 nitrogen and oxygen atoms in total. The summed E-state index contributed by atoms with van der Waals surface area (Å²) in [4.78, 5) is 18.8. The number of fused-ring (bicyclic) bond motifs is 1. The van der Waals surface area contributed by atoms with Gasteiger partial charge in [0.15, 0.2) is 5.65 Å². The van der Waals surface area contributed by atoms with E-state index >= 15 is 0 Å². The van der Waals surface area contributed by atoms with Crippen molar-refractivity contribution in [1.82, 2.24) is 19.5 Å². The maximum atomic E-state index is 12.9. The predicted octanol–water partition coefficient (Wildman–Crippen LogP) is 2.25. The number of aromatic hydroxyl groups is 1. The molecule has 136 valence electrons. The van der Waals surface area contributed by atoms with E-state index in [0.29, 0.717) is 23.4 Å². The molecule has 7 heteroatoms. The van der Waals surface area contributed by atoms with Crippen LogP contribution in [0.1, 0.15) is 40.5 Å². The quantitative estimate of drug-likeness (QED) is 0.733. The minimum Gasteiger partial charge on any atom is -0.508 e. The normalized spacial score (nSPS) is 12.3. The summed E-state index contributed by atoms with van der Waals surface area (Å²) in [6.45, 7) is 6.14. The van der Waals surface area contributed by atoms with Crippen LogP contribution in [0.3, 0.4) is 0 Å². The molecule has 2 N–H and O–H groups in total. The molecule has 0 saturated carbocycles. The van der Waals surface area contributed by atoms with Crippen molar-refractivity contribution in [2.24, 2.45) is 0 Å². The van der Waals surface area contributed by atoms with Gasteiger partial charge in [-0.1, -0.05) is 12.1 Å². The molecule has 0 fully saturated rings. The van der Waals surface area contributed by atoms with E-state index in [1.54, 1.807) is 22.7 Å². The van der Waals surface area contributed by atoms with Crippen LogP contribution in [0, 0.1) is 13.8 Å². The predicted molar refractivity (Wildman–Crippen MR) is 97.1 cm³/mol. The fourth-order valence-corrected chi connectivity index (χ4v) is 2.91. The van der Waals surface area contributed by atoms with Gasteiger partial charge in [-0.3, -0.25) is 4.79 Å². The highest BCUT2D eigenvalue weighted by Gasteiger charge is 2.21. The fourth-order valence-electron chi connectivity index (χ4n) is 2.91. The third kappa shape index (κ3) is 3.52. The van der Waals surface area contributed by atoms with Crippen molar-refractivity contribution < 1.29 is 15.0 Å².